The van der Waals surface area contributed by atoms with E-state index in [1.165, 1.54) is 11.1 Å². The summed E-state index contributed by atoms with van der Waals surface area (Å²) in [6.07, 6.45) is 3.01. The number of rotatable bonds is 4. The summed E-state index contributed by atoms with van der Waals surface area (Å²) in [6.45, 7) is 5.02. The van der Waals surface area contributed by atoms with Crippen LogP contribution >= 0.6 is 11.6 Å². The van der Waals surface area contributed by atoms with E-state index in [9.17, 15) is 0 Å². The molecule has 0 spiro atoms. The highest BCUT2D eigenvalue weighted by molar-refractivity contribution is 6.30. The van der Waals surface area contributed by atoms with E-state index in [2.05, 4.69) is 13.8 Å². The highest BCUT2D eigenvalue weighted by Gasteiger charge is 2.21. The minimum absolute atomic E-state index is 0.205. The molecule has 0 radical (unpaired) electrons. The monoisotopic (exact) mass is 253 g/mol. The Morgan fingerprint density at radius 3 is 2.88 bits per heavy atom. The average Bonchev–Trinajstić information content (AvgIpc) is 2.72. The lowest BCUT2D eigenvalue weighted by molar-refractivity contribution is 0.347. The quantitative estimate of drug-likeness (QED) is 0.895. The van der Waals surface area contributed by atoms with Gasteiger partial charge in [-0.15, -0.1) is 0 Å². The molecule has 3 heteroatoms. The number of halogens is 1. The van der Waals surface area contributed by atoms with E-state index < -0.39 is 0 Å². The molecule has 1 aliphatic heterocycles. The maximum Gasteiger partial charge on any atom is 0.125 e. The third-order valence-electron chi connectivity index (χ3n) is 3.58. The Morgan fingerprint density at radius 1 is 1.47 bits per heavy atom. The van der Waals surface area contributed by atoms with Crippen molar-refractivity contribution < 1.29 is 4.74 Å². The van der Waals surface area contributed by atoms with Crippen LogP contribution in [0.1, 0.15) is 31.4 Å². The Bertz CT molecular complexity index is 403. The maximum absolute atomic E-state index is 6.15. The van der Waals surface area contributed by atoms with Crippen molar-refractivity contribution in [2.24, 2.45) is 11.7 Å². The Balaban J connectivity index is 2.26. The number of hydrogen-bond donors (Lipinski definition) is 1. The highest BCUT2D eigenvalue weighted by Crippen LogP contribution is 2.34. The zero-order valence-electron chi connectivity index (χ0n) is 10.5. The van der Waals surface area contributed by atoms with Gasteiger partial charge in [-0.1, -0.05) is 24.9 Å². The SMILES string of the molecule is CCC(Cc1cc(Cl)cc2c1OCC2)C(C)N. The van der Waals surface area contributed by atoms with Gasteiger partial charge in [0.2, 0.25) is 0 Å². The lowest BCUT2D eigenvalue weighted by atomic mass is 9.90. The summed E-state index contributed by atoms with van der Waals surface area (Å²) in [4.78, 5) is 0. The zero-order chi connectivity index (χ0) is 12.4. The van der Waals surface area contributed by atoms with E-state index >= 15 is 0 Å². The van der Waals surface area contributed by atoms with E-state index in [-0.39, 0.29) is 6.04 Å². The van der Waals surface area contributed by atoms with Crippen molar-refractivity contribution in [2.45, 2.75) is 39.2 Å². The molecule has 1 heterocycles. The molecule has 2 nitrogen and oxygen atoms in total. The van der Waals surface area contributed by atoms with Gasteiger partial charge < -0.3 is 10.5 Å². The summed E-state index contributed by atoms with van der Waals surface area (Å²) < 4.78 is 5.71. The van der Waals surface area contributed by atoms with Crippen LogP contribution < -0.4 is 10.5 Å². The largest absolute Gasteiger partial charge is 0.493 e. The minimum atomic E-state index is 0.205. The molecular weight excluding hydrogens is 234 g/mol. The van der Waals surface area contributed by atoms with E-state index in [1.807, 2.05) is 12.1 Å². The number of benzene rings is 1. The fourth-order valence-electron chi connectivity index (χ4n) is 2.48. The molecule has 1 aromatic carbocycles. The second-order valence-electron chi connectivity index (χ2n) is 4.88. The van der Waals surface area contributed by atoms with E-state index in [0.717, 1.165) is 36.6 Å². The molecule has 0 saturated carbocycles. The van der Waals surface area contributed by atoms with Crippen LogP contribution in [0.5, 0.6) is 5.75 Å². The number of hydrogen-bond acceptors (Lipinski definition) is 2. The summed E-state index contributed by atoms with van der Waals surface area (Å²) in [5.74, 6) is 1.54. The van der Waals surface area contributed by atoms with Crippen LogP contribution in [0.4, 0.5) is 0 Å². The van der Waals surface area contributed by atoms with Crippen LogP contribution in [0, 0.1) is 5.92 Å². The maximum atomic E-state index is 6.15. The summed E-state index contributed by atoms with van der Waals surface area (Å²) in [5.41, 5.74) is 8.46. The molecule has 94 valence electrons. The molecule has 1 aromatic rings. The van der Waals surface area contributed by atoms with Gasteiger partial charge in [-0.3, -0.25) is 0 Å². The Labute approximate surface area is 108 Å². The van der Waals surface area contributed by atoms with Gasteiger partial charge >= 0.3 is 0 Å². The van der Waals surface area contributed by atoms with Crippen molar-refractivity contribution in [1.29, 1.82) is 0 Å². The molecule has 2 N–H and O–H groups in total. The lowest BCUT2D eigenvalue weighted by Crippen LogP contribution is -2.27. The third-order valence-corrected chi connectivity index (χ3v) is 3.79. The normalized spacial score (nSPS) is 17.4. The van der Waals surface area contributed by atoms with E-state index in [0.29, 0.717) is 5.92 Å². The first-order chi connectivity index (χ1) is 8.11. The first-order valence-electron chi connectivity index (χ1n) is 6.31. The molecule has 2 unspecified atom stereocenters. The van der Waals surface area contributed by atoms with Crippen molar-refractivity contribution in [1.82, 2.24) is 0 Å². The van der Waals surface area contributed by atoms with Gasteiger partial charge in [0, 0.05) is 17.5 Å². The molecule has 0 aromatic heterocycles. The second kappa shape index (κ2) is 5.28. The molecule has 0 fully saturated rings. The van der Waals surface area contributed by atoms with Crippen molar-refractivity contribution >= 4 is 11.6 Å². The molecular formula is C14H20ClNO. The number of fused-ring (bicyclic) bond motifs is 1. The fraction of sp³-hybridized carbons (Fsp3) is 0.571. The molecule has 0 aliphatic carbocycles. The van der Waals surface area contributed by atoms with Crippen LogP contribution in [-0.2, 0) is 12.8 Å². The van der Waals surface area contributed by atoms with Crippen LogP contribution in [-0.4, -0.2) is 12.6 Å². The van der Waals surface area contributed by atoms with Crippen LogP contribution in [0.15, 0.2) is 12.1 Å². The van der Waals surface area contributed by atoms with Gasteiger partial charge in [0.15, 0.2) is 0 Å². The number of ether oxygens (including phenoxy) is 1. The summed E-state index contributed by atoms with van der Waals surface area (Å²) >= 11 is 6.15. The van der Waals surface area contributed by atoms with Gasteiger partial charge in [0.05, 0.1) is 6.61 Å². The van der Waals surface area contributed by atoms with Gasteiger partial charge in [-0.05, 0) is 42.5 Å². The average molecular weight is 254 g/mol. The summed E-state index contributed by atoms with van der Waals surface area (Å²) in [5, 5.41) is 0.809. The van der Waals surface area contributed by atoms with Crippen molar-refractivity contribution in [3.05, 3.63) is 28.3 Å². The summed E-state index contributed by atoms with van der Waals surface area (Å²) in [7, 11) is 0. The second-order valence-corrected chi connectivity index (χ2v) is 5.32. The molecule has 1 aliphatic rings. The Hall–Kier alpha value is -0.730. The predicted molar refractivity (Wildman–Crippen MR) is 71.8 cm³/mol. The van der Waals surface area contributed by atoms with Crippen molar-refractivity contribution in [2.75, 3.05) is 6.61 Å². The molecule has 2 rings (SSSR count). The smallest absolute Gasteiger partial charge is 0.125 e. The Kier molecular flexibility index (Phi) is 3.95. The first-order valence-corrected chi connectivity index (χ1v) is 6.69. The van der Waals surface area contributed by atoms with Crippen molar-refractivity contribution in [3.63, 3.8) is 0 Å². The standard InChI is InChI=1S/C14H20ClNO/c1-3-10(9(2)16)6-12-8-13(15)7-11-4-5-17-14(11)12/h7-10H,3-6,16H2,1-2H3. The van der Waals surface area contributed by atoms with Gasteiger partial charge in [-0.25, -0.2) is 0 Å². The van der Waals surface area contributed by atoms with Crippen LogP contribution in [0.2, 0.25) is 5.02 Å². The highest BCUT2D eigenvalue weighted by atomic mass is 35.5. The van der Waals surface area contributed by atoms with Gasteiger partial charge in [0.25, 0.3) is 0 Å². The number of nitrogens with two attached hydrogens (primary N) is 1. The van der Waals surface area contributed by atoms with Crippen LogP contribution in [0.3, 0.4) is 0 Å². The van der Waals surface area contributed by atoms with E-state index in [4.69, 9.17) is 22.1 Å². The lowest BCUT2D eigenvalue weighted by Gasteiger charge is -2.20. The third kappa shape index (κ3) is 2.75. The van der Waals surface area contributed by atoms with Crippen LogP contribution in [0.25, 0.3) is 0 Å². The first kappa shape index (κ1) is 12.7. The molecule has 0 saturated heterocycles. The van der Waals surface area contributed by atoms with Gasteiger partial charge in [0.1, 0.15) is 5.75 Å². The Morgan fingerprint density at radius 2 is 2.24 bits per heavy atom. The predicted octanol–water partition coefficient (Wildman–Crippen LogP) is 3.19. The topological polar surface area (TPSA) is 35.2 Å². The molecule has 17 heavy (non-hydrogen) atoms. The van der Waals surface area contributed by atoms with Gasteiger partial charge in [-0.2, -0.15) is 0 Å². The molecule has 2 atom stereocenters. The van der Waals surface area contributed by atoms with E-state index in [1.54, 1.807) is 0 Å². The zero-order valence-corrected chi connectivity index (χ0v) is 11.3. The fourth-order valence-corrected chi connectivity index (χ4v) is 2.75. The van der Waals surface area contributed by atoms with Crippen molar-refractivity contribution in [3.8, 4) is 5.75 Å². The minimum Gasteiger partial charge on any atom is -0.493 e. The molecule has 0 amide bonds. The summed E-state index contributed by atoms with van der Waals surface area (Å²) in [6, 6.07) is 4.24. The molecule has 0 bridgehead atoms.